The van der Waals surface area contributed by atoms with Crippen molar-refractivity contribution in [3.8, 4) is 0 Å². The molecule has 4 unspecified atom stereocenters. The van der Waals surface area contributed by atoms with Crippen molar-refractivity contribution in [1.82, 2.24) is 10.2 Å². The number of hydrogen-bond donors (Lipinski definition) is 1. The zero-order valence-corrected chi connectivity index (χ0v) is 12.0. The Morgan fingerprint density at radius 3 is 2.65 bits per heavy atom. The van der Waals surface area contributed by atoms with Gasteiger partial charge in [-0.25, -0.2) is 0 Å². The molecule has 0 aromatic rings. The van der Waals surface area contributed by atoms with Gasteiger partial charge in [0.15, 0.2) is 0 Å². The highest BCUT2D eigenvalue weighted by atomic mass is 32.2. The highest BCUT2D eigenvalue weighted by Crippen LogP contribution is 2.37. The fourth-order valence-electron chi connectivity index (χ4n) is 3.67. The van der Waals surface area contributed by atoms with Gasteiger partial charge in [0.25, 0.3) is 0 Å². The molecule has 0 aromatic carbocycles. The molecule has 17 heavy (non-hydrogen) atoms. The van der Waals surface area contributed by atoms with Crippen LogP contribution in [0.2, 0.25) is 0 Å². The van der Waals surface area contributed by atoms with E-state index in [2.05, 4.69) is 35.2 Å². The molecule has 3 rings (SSSR count). The zero-order valence-electron chi connectivity index (χ0n) is 11.2. The summed E-state index contributed by atoms with van der Waals surface area (Å²) in [6.07, 6.45) is 9.53. The lowest BCUT2D eigenvalue weighted by atomic mass is 10.0. The minimum Gasteiger partial charge on any atom is -0.311 e. The largest absolute Gasteiger partial charge is 0.311 e. The minimum atomic E-state index is 0.746. The number of hydrogen-bond acceptors (Lipinski definition) is 3. The van der Waals surface area contributed by atoms with E-state index in [0.29, 0.717) is 0 Å². The van der Waals surface area contributed by atoms with Crippen molar-refractivity contribution in [1.29, 1.82) is 0 Å². The van der Waals surface area contributed by atoms with E-state index in [1.165, 1.54) is 45.2 Å². The quantitative estimate of drug-likeness (QED) is 0.832. The Morgan fingerprint density at radius 2 is 2.00 bits per heavy atom. The molecular weight excluding hydrogens is 228 g/mol. The first kappa shape index (κ1) is 12.3. The van der Waals surface area contributed by atoms with Gasteiger partial charge < -0.3 is 5.32 Å². The molecule has 1 aliphatic heterocycles. The topological polar surface area (TPSA) is 15.3 Å². The monoisotopic (exact) mass is 254 g/mol. The van der Waals surface area contributed by atoms with E-state index in [9.17, 15) is 0 Å². The van der Waals surface area contributed by atoms with E-state index in [-0.39, 0.29) is 0 Å². The lowest BCUT2D eigenvalue weighted by Gasteiger charge is -2.42. The van der Waals surface area contributed by atoms with Gasteiger partial charge in [0.1, 0.15) is 0 Å². The molecule has 1 N–H and O–H groups in total. The first-order valence-electron chi connectivity index (χ1n) is 7.30. The highest BCUT2D eigenvalue weighted by molar-refractivity contribution is 7.99. The predicted octanol–water partition coefficient (Wildman–Crippen LogP) is 2.34. The maximum Gasteiger partial charge on any atom is 0.0224 e. The molecule has 2 saturated carbocycles. The molecular formula is C14H26N2S. The Balaban J connectivity index is 1.60. The van der Waals surface area contributed by atoms with Gasteiger partial charge in [0.05, 0.1) is 0 Å². The van der Waals surface area contributed by atoms with E-state index in [0.717, 1.165) is 29.3 Å². The summed E-state index contributed by atoms with van der Waals surface area (Å²) < 4.78 is 0. The molecule has 2 nitrogen and oxygen atoms in total. The third-order valence-corrected chi connectivity index (χ3v) is 6.09. The first-order valence-corrected chi connectivity index (χ1v) is 8.58. The van der Waals surface area contributed by atoms with Gasteiger partial charge in [-0.3, -0.25) is 4.90 Å². The number of nitrogens with zero attached hydrogens (tertiary/aromatic N) is 1. The van der Waals surface area contributed by atoms with Gasteiger partial charge in [-0.1, -0.05) is 0 Å². The second kappa shape index (κ2) is 5.10. The van der Waals surface area contributed by atoms with Crippen LogP contribution in [0.15, 0.2) is 0 Å². The average Bonchev–Trinajstić information content (AvgIpc) is 3.08. The molecule has 0 amide bonds. The van der Waals surface area contributed by atoms with Gasteiger partial charge in [0.2, 0.25) is 0 Å². The molecule has 4 atom stereocenters. The average molecular weight is 254 g/mol. The van der Waals surface area contributed by atoms with Gasteiger partial charge in [-0.15, -0.1) is 0 Å². The normalized spacial score (nSPS) is 44.1. The number of nitrogens with one attached hydrogen (secondary N) is 1. The summed E-state index contributed by atoms with van der Waals surface area (Å²) in [6, 6.07) is 2.43. The van der Waals surface area contributed by atoms with Crippen LogP contribution in [-0.2, 0) is 0 Å². The summed E-state index contributed by atoms with van der Waals surface area (Å²) in [5.74, 6) is 1.00. The Kier molecular flexibility index (Phi) is 3.69. The van der Waals surface area contributed by atoms with E-state index >= 15 is 0 Å². The van der Waals surface area contributed by atoms with Crippen LogP contribution in [0.25, 0.3) is 0 Å². The molecule has 1 heterocycles. The summed E-state index contributed by atoms with van der Waals surface area (Å²) in [6.45, 7) is 4.93. The third kappa shape index (κ3) is 2.66. The molecule has 3 aliphatic rings. The molecule has 0 spiro atoms. The van der Waals surface area contributed by atoms with Crippen LogP contribution in [0.1, 0.15) is 39.0 Å². The number of piperazine rings is 1. The second-order valence-electron chi connectivity index (χ2n) is 6.22. The minimum absolute atomic E-state index is 0.746. The fourth-order valence-corrected chi connectivity index (χ4v) is 4.45. The van der Waals surface area contributed by atoms with E-state index in [1.54, 1.807) is 0 Å². The van der Waals surface area contributed by atoms with Crippen molar-refractivity contribution in [2.45, 2.75) is 62.4 Å². The summed E-state index contributed by atoms with van der Waals surface area (Å²) in [5.41, 5.74) is 0. The van der Waals surface area contributed by atoms with Crippen LogP contribution in [0.5, 0.6) is 0 Å². The molecule has 3 heteroatoms. The van der Waals surface area contributed by atoms with Crippen molar-refractivity contribution >= 4 is 11.8 Å². The van der Waals surface area contributed by atoms with Crippen LogP contribution >= 0.6 is 11.8 Å². The highest BCUT2D eigenvalue weighted by Gasteiger charge is 2.39. The summed E-state index contributed by atoms with van der Waals surface area (Å²) in [4.78, 5) is 2.83. The first-order chi connectivity index (χ1) is 8.28. The van der Waals surface area contributed by atoms with Gasteiger partial charge in [-0.2, -0.15) is 11.8 Å². The maximum atomic E-state index is 3.76. The van der Waals surface area contributed by atoms with Crippen LogP contribution in [0.4, 0.5) is 0 Å². The Bertz CT molecular complexity index is 267. The standard InChI is InChI=1S/C14H26N2S/c1-10-8-15-14(11-3-4-11)9-16(10)12-5-6-13(7-12)17-2/h10-15H,3-9H2,1-2H3. The third-order valence-electron chi connectivity index (χ3n) is 5.00. The van der Waals surface area contributed by atoms with Crippen molar-refractivity contribution in [2.24, 2.45) is 5.92 Å². The van der Waals surface area contributed by atoms with Gasteiger partial charge in [0, 0.05) is 36.5 Å². The van der Waals surface area contributed by atoms with Crippen LogP contribution in [0.3, 0.4) is 0 Å². The van der Waals surface area contributed by atoms with Crippen molar-refractivity contribution < 1.29 is 0 Å². The molecule has 0 aromatic heterocycles. The van der Waals surface area contributed by atoms with Crippen molar-refractivity contribution in [3.63, 3.8) is 0 Å². The van der Waals surface area contributed by atoms with E-state index < -0.39 is 0 Å². The summed E-state index contributed by atoms with van der Waals surface area (Å²) in [7, 11) is 0. The van der Waals surface area contributed by atoms with E-state index in [4.69, 9.17) is 0 Å². The molecule has 0 radical (unpaired) electrons. The maximum absolute atomic E-state index is 3.76. The Labute approximate surface area is 110 Å². The molecule has 1 saturated heterocycles. The van der Waals surface area contributed by atoms with Gasteiger partial charge >= 0.3 is 0 Å². The van der Waals surface area contributed by atoms with Crippen LogP contribution in [-0.4, -0.2) is 47.6 Å². The van der Waals surface area contributed by atoms with Gasteiger partial charge in [-0.05, 0) is 51.2 Å². The fraction of sp³-hybridized carbons (Fsp3) is 1.00. The van der Waals surface area contributed by atoms with Crippen molar-refractivity contribution in [2.75, 3.05) is 19.3 Å². The zero-order chi connectivity index (χ0) is 11.8. The lowest BCUT2D eigenvalue weighted by Crippen LogP contribution is -2.58. The van der Waals surface area contributed by atoms with Crippen molar-refractivity contribution in [3.05, 3.63) is 0 Å². The smallest absolute Gasteiger partial charge is 0.0224 e. The van der Waals surface area contributed by atoms with Crippen LogP contribution < -0.4 is 5.32 Å². The molecule has 0 bridgehead atoms. The second-order valence-corrected chi connectivity index (χ2v) is 7.36. The molecule has 98 valence electrons. The Hall–Kier alpha value is 0.270. The predicted molar refractivity (Wildman–Crippen MR) is 75.6 cm³/mol. The SMILES string of the molecule is CSC1CCC(N2CC(C3CC3)NCC2C)C1. The summed E-state index contributed by atoms with van der Waals surface area (Å²) >= 11 is 2.08. The molecule has 3 fully saturated rings. The van der Waals surface area contributed by atoms with Crippen LogP contribution in [0, 0.1) is 5.92 Å². The molecule has 2 aliphatic carbocycles. The summed E-state index contributed by atoms with van der Waals surface area (Å²) in [5, 5.41) is 4.69. The lowest BCUT2D eigenvalue weighted by molar-refractivity contribution is 0.0874. The number of rotatable bonds is 3. The van der Waals surface area contributed by atoms with E-state index in [1.807, 2.05) is 0 Å². The number of thioether (sulfide) groups is 1. The Morgan fingerprint density at radius 1 is 1.18 bits per heavy atom.